The monoisotopic (exact) mass is 355 g/mol. The number of carbonyl (C=O) groups is 1. The molecule has 1 aromatic carbocycles. The quantitative estimate of drug-likeness (QED) is 0.657. The van der Waals surface area contributed by atoms with Crippen molar-refractivity contribution in [1.29, 1.82) is 0 Å². The van der Waals surface area contributed by atoms with Crippen molar-refractivity contribution in [3.05, 3.63) is 60.2 Å². The van der Waals surface area contributed by atoms with E-state index in [0.717, 1.165) is 43.1 Å². The summed E-state index contributed by atoms with van der Waals surface area (Å²) in [7, 11) is 0. The summed E-state index contributed by atoms with van der Waals surface area (Å²) >= 11 is 0. The lowest BCUT2D eigenvalue weighted by molar-refractivity contribution is -0.122. The number of nitrogens with zero attached hydrogens (tertiary/aromatic N) is 4. The molecular formula is C19H22FN5O. The Balaban J connectivity index is 1.45. The molecule has 3 rings (SSSR count). The van der Waals surface area contributed by atoms with Gasteiger partial charge in [-0.05, 0) is 43.3 Å². The van der Waals surface area contributed by atoms with Crippen LogP contribution in [0.5, 0.6) is 0 Å². The van der Waals surface area contributed by atoms with Crippen LogP contribution in [0.4, 0.5) is 10.1 Å². The maximum Gasteiger partial charge on any atom is 0.254 e. The molecule has 136 valence electrons. The van der Waals surface area contributed by atoms with Gasteiger partial charge < -0.3 is 4.90 Å². The standard InChI is InChI=1S/C19H22FN5O/c1-15(16-6-8-21-9-7-16)22-23-19(26)14-24-10-12-25(13-11-24)18-4-2-17(20)3-5-18/h2-9H,10-14H2,1H3,(H,23,26)/b22-15-. The lowest BCUT2D eigenvalue weighted by atomic mass is 10.2. The fourth-order valence-corrected chi connectivity index (χ4v) is 2.86. The molecule has 26 heavy (non-hydrogen) atoms. The van der Waals surface area contributed by atoms with Gasteiger partial charge in [-0.3, -0.25) is 14.7 Å². The SMILES string of the molecule is C/C(=N/NC(=O)CN1CCN(c2ccc(F)cc2)CC1)c1ccncc1. The van der Waals surface area contributed by atoms with Crippen LogP contribution in [0.2, 0.25) is 0 Å². The maximum absolute atomic E-state index is 13.0. The van der Waals surface area contributed by atoms with Gasteiger partial charge in [0.25, 0.3) is 5.91 Å². The number of halogens is 1. The number of nitrogens with one attached hydrogen (secondary N) is 1. The van der Waals surface area contributed by atoms with Crippen molar-refractivity contribution in [2.45, 2.75) is 6.92 Å². The Labute approximate surface area is 152 Å². The summed E-state index contributed by atoms with van der Waals surface area (Å²) in [6.07, 6.45) is 3.38. The zero-order valence-electron chi connectivity index (χ0n) is 14.7. The van der Waals surface area contributed by atoms with E-state index in [0.29, 0.717) is 6.54 Å². The van der Waals surface area contributed by atoms with E-state index in [9.17, 15) is 9.18 Å². The van der Waals surface area contributed by atoms with Crippen molar-refractivity contribution in [1.82, 2.24) is 15.3 Å². The second-order valence-corrected chi connectivity index (χ2v) is 6.21. The number of benzene rings is 1. The molecule has 1 aromatic heterocycles. The highest BCUT2D eigenvalue weighted by Gasteiger charge is 2.19. The third-order valence-corrected chi connectivity index (χ3v) is 4.38. The number of pyridine rings is 1. The Bertz CT molecular complexity index is 755. The topological polar surface area (TPSA) is 60.8 Å². The van der Waals surface area contributed by atoms with Gasteiger partial charge >= 0.3 is 0 Å². The Morgan fingerprint density at radius 3 is 2.42 bits per heavy atom. The zero-order chi connectivity index (χ0) is 18.4. The molecule has 1 fully saturated rings. The van der Waals surface area contributed by atoms with E-state index in [1.54, 1.807) is 24.5 Å². The molecule has 1 aliphatic rings. The third kappa shape index (κ3) is 4.86. The smallest absolute Gasteiger partial charge is 0.254 e. The van der Waals surface area contributed by atoms with Gasteiger partial charge in [0.05, 0.1) is 12.3 Å². The minimum atomic E-state index is -0.230. The highest BCUT2D eigenvalue weighted by molar-refractivity contribution is 5.99. The molecule has 1 saturated heterocycles. The molecule has 7 heteroatoms. The van der Waals surface area contributed by atoms with Gasteiger partial charge in [0, 0.05) is 49.8 Å². The van der Waals surface area contributed by atoms with Gasteiger partial charge in [0.1, 0.15) is 5.82 Å². The van der Waals surface area contributed by atoms with Crippen LogP contribution in [0, 0.1) is 5.82 Å². The molecule has 0 atom stereocenters. The Morgan fingerprint density at radius 1 is 1.12 bits per heavy atom. The summed E-state index contributed by atoms with van der Waals surface area (Å²) in [5, 5.41) is 4.15. The van der Waals surface area contributed by atoms with Crippen LogP contribution in [-0.2, 0) is 4.79 Å². The third-order valence-electron chi connectivity index (χ3n) is 4.38. The molecule has 0 radical (unpaired) electrons. The van der Waals surface area contributed by atoms with Crippen molar-refractivity contribution in [2.24, 2.45) is 5.10 Å². The molecule has 2 heterocycles. The summed E-state index contributed by atoms with van der Waals surface area (Å²) in [6.45, 7) is 5.31. The number of hydrogen-bond acceptors (Lipinski definition) is 5. The highest BCUT2D eigenvalue weighted by Crippen LogP contribution is 2.16. The summed E-state index contributed by atoms with van der Waals surface area (Å²) < 4.78 is 13.0. The zero-order valence-corrected chi connectivity index (χ0v) is 14.7. The van der Waals surface area contributed by atoms with E-state index in [-0.39, 0.29) is 11.7 Å². The van der Waals surface area contributed by atoms with Crippen LogP contribution in [0.3, 0.4) is 0 Å². The van der Waals surface area contributed by atoms with Crippen LogP contribution >= 0.6 is 0 Å². The normalized spacial score (nSPS) is 15.8. The van der Waals surface area contributed by atoms with Gasteiger partial charge in [0.15, 0.2) is 0 Å². The van der Waals surface area contributed by atoms with Crippen molar-refractivity contribution < 1.29 is 9.18 Å². The Morgan fingerprint density at radius 2 is 1.77 bits per heavy atom. The molecule has 0 bridgehead atoms. The molecule has 0 spiro atoms. The van der Waals surface area contributed by atoms with Gasteiger partial charge in [-0.25, -0.2) is 9.82 Å². The summed E-state index contributed by atoms with van der Waals surface area (Å²) in [4.78, 5) is 20.4. The van der Waals surface area contributed by atoms with Gasteiger partial charge in [-0.15, -0.1) is 0 Å². The van der Waals surface area contributed by atoms with E-state index in [1.165, 1.54) is 12.1 Å². The number of hydrazone groups is 1. The fourth-order valence-electron chi connectivity index (χ4n) is 2.86. The fraction of sp³-hybridized carbons (Fsp3) is 0.316. The molecule has 1 aliphatic heterocycles. The Hall–Kier alpha value is -2.80. The number of rotatable bonds is 5. The van der Waals surface area contributed by atoms with Crippen LogP contribution in [0.1, 0.15) is 12.5 Å². The van der Waals surface area contributed by atoms with E-state index in [2.05, 4.69) is 25.3 Å². The molecule has 1 N–H and O–H groups in total. The predicted molar refractivity (Wildman–Crippen MR) is 99.6 cm³/mol. The number of piperazine rings is 1. The largest absolute Gasteiger partial charge is 0.369 e. The van der Waals surface area contributed by atoms with Gasteiger partial charge in [-0.1, -0.05) is 0 Å². The molecule has 0 aliphatic carbocycles. The molecule has 1 amide bonds. The van der Waals surface area contributed by atoms with Crippen LogP contribution in [-0.4, -0.2) is 54.2 Å². The highest BCUT2D eigenvalue weighted by atomic mass is 19.1. The summed E-state index contributed by atoms with van der Waals surface area (Å²) in [5.74, 6) is -0.361. The van der Waals surface area contributed by atoms with Crippen LogP contribution in [0.25, 0.3) is 0 Å². The van der Waals surface area contributed by atoms with Gasteiger partial charge in [0.2, 0.25) is 0 Å². The second kappa shape index (κ2) is 8.53. The molecule has 6 nitrogen and oxygen atoms in total. The van der Waals surface area contributed by atoms with Crippen molar-refractivity contribution in [3.8, 4) is 0 Å². The predicted octanol–water partition coefficient (Wildman–Crippen LogP) is 1.88. The number of hydrogen-bond donors (Lipinski definition) is 1. The van der Waals surface area contributed by atoms with E-state index in [1.807, 2.05) is 19.1 Å². The molecular weight excluding hydrogens is 333 g/mol. The van der Waals surface area contributed by atoms with E-state index < -0.39 is 0 Å². The maximum atomic E-state index is 13.0. The molecule has 2 aromatic rings. The number of amides is 1. The van der Waals surface area contributed by atoms with Crippen LogP contribution < -0.4 is 10.3 Å². The van der Waals surface area contributed by atoms with Gasteiger partial charge in [-0.2, -0.15) is 5.10 Å². The van der Waals surface area contributed by atoms with Crippen molar-refractivity contribution in [3.63, 3.8) is 0 Å². The van der Waals surface area contributed by atoms with E-state index in [4.69, 9.17) is 0 Å². The lowest BCUT2D eigenvalue weighted by Gasteiger charge is -2.35. The first kappa shape index (κ1) is 18.0. The average Bonchev–Trinajstić information content (AvgIpc) is 2.68. The number of carbonyl (C=O) groups excluding carboxylic acids is 1. The average molecular weight is 355 g/mol. The minimum Gasteiger partial charge on any atom is -0.369 e. The number of aromatic nitrogens is 1. The lowest BCUT2D eigenvalue weighted by Crippen LogP contribution is -2.49. The minimum absolute atomic E-state index is 0.131. The molecule has 0 saturated carbocycles. The molecule has 0 unspecified atom stereocenters. The summed E-state index contributed by atoms with van der Waals surface area (Å²) in [5.41, 5.74) is 5.28. The first-order chi connectivity index (χ1) is 12.6. The summed E-state index contributed by atoms with van der Waals surface area (Å²) in [6, 6.07) is 10.2. The van der Waals surface area contributed by atoms with Crippen molar-refractivity contribution in [2.75, 3.05) is 37.6 Å². The van der Waals surface area contributed by atoms with Crippen LogP contribution in [0.15, 0.2) is 53.9 Å². The first-order valence-corrected chi connectivity index (χ1v) is 8.58. The van der Waals surface area contributed by atoms with Crippen molar-refractivity contribution >= 4 is 17.3 Å². The Kier molecular flexibility index (Phi) is 5.91. The van der Waals surface area contributed by atoms with E-state index >= 15 is 0 Å². The first-order valence-electron chi connectivity index (χ1n) is 8.58. The second-order valence-electron chi connectivity index (χ2n) is 6.21. The number of anilines is 1.